The number of rotatable bonds is 4. The molecule has 1 amide bonds. The summed E-state index contributed by atoms with van der Waals surface area (Å²) in [7, 11) is 0. The van der Waals surface area contributed by atoms with E-state index < -0.39 is 0 Å². The maximum Gasteiger partial charge on any atom is 0.258 e. The van der Waals surface area contributed by atoms with Crippen molar-refractivity contribution in [2.24, 2.45) is 4.99 Å². The van der Waals surface area contributed by atoms with Crippen LogP contribution in [-0.2, 0) is 4.74 Å². The van der Waals surface area contributed by atoms with Crippen molar-refractivity contribution >= 4 is 17.6 Å². The van der Waals surface area contributed by atoms with E-state index in [1.165, 1.54) is 0 Å². The van der Waals surface area contributed by atoms with Crippen LogP contribution in [0.15, 0.2) is 47.5 Å². The van der Waals surface area contributed by atoms with Crippen LogP contribution in [0.25, 0.3) is 0 Å². The second-order valence-electron chi connectivity index (χ2n) is 6.84. The van der Waals surface area contributed by atoms with Gasteiger partial charge in [0.05, 0.1) is 12.6 Å². The number of aliphatic imine (C=N–C) groups is 1. The molecule has 0 saturated carbocycles. The Morgan fingerprint density at radius 3 is 2.75 bits per heavy atom. The van der Waals surface area contributed by atoms with E-state index in [2.05, 4.69) is 15.6 Å². The van der Waals surface area contributed by atoms with E-state index in [1.54, 1.807) is 18.2 Å². The van der Waals surface area contributed by atoms with Crippen molar-refractivity contribution in [2.75, 3.05) is 25.3 Å². The summed E-state index contributed by atoms with van der Waals surface area (Å²) >= 11 is 0. The quantitative estimate of drug-likeness (QED) is 0.628. The number of amides is 1. The average molecular weight is 381 g/mol. The fourth-order valence-corrected chi connectivity index (χ4v) is 3.08. The lowest BCUT2D eigenvalue weighted by Gasteiger charge is -2.14. The first-order valence-corrected chi connectivity index (χ1v) is 9.38. The minimum atomic E-state index is -0.274. The first-order chi connectivity index (χ1) is 13.7. The van der Waals surface area contributed by atoms with E-state index in [0.717, 1.165) is 30.7 Å². The summed E-state index contributed by atoms with van der Waals surface area (Å²) in [6.45, 7) is 3.46. The van der Waals surface area contributed by atoms with Crippen LogP contribution < -0.4 is 20.1 Å². The molecular formula is C21H23N3O4. The summed E-state index contributed by atoms with van der Waals surface area (Å²) in [5.41, 5.74) is 2.48. The van der Waals surface area contributed by atoms with Crippen LogP contribution in [0.3, 0.4) is 0 Å². The lowest BCUT2D eigenvalue weighted by atomic mass is 10.2. The molecule has 2 aromatic rings. The standard InChI is InChI=1S/C21H23N3O4/c1-14-4-7-16(8-5-14)23-21(22-12-17-3-2-10-26-17)24-20(25)15-6-9-18-19(11-15)28-13-27-18/h4-9,11,17H,2-3,10,12-13H2,1H3,(H2,22,23,24,25). The highest BCUT2D eigenvalue weighted by Crippen LogP contribution is 2.32. The first kappa shape index (κ1) is 18.3. The van der Waals surface area contributed by atoms with Gasteiger partial charge in [-0.3, -0.25) is 10.1 Å². The van der Waals surface area contributed by atoms with E-state index in [1.807, 2.05) is 31.2 Å². The molecule has 0 aromatic heterocycles. The SMILES string of the molecule is Cc1ccc(NC(=NCC2CCCO2)NC(=O)c2ccc3c(c2)OCO3)cc1. The molecule has 146 valence electrons. The van der Waals surface area contributed by atoms with E-state index >= 15 is 0 Å². The highest BCUT2D eigenvalue weighted by atomic mass is 16.7. The molecule has 0 bridgehead atoms. The molecule has 2 heterocycles. The molecule has 2 aromatic carbocycles. The van der Waals surface area contributed by atoms with Gasteiger partial charge in [0.25, 0.3) is 5.91 Å². The smallest absolute Gasteiger partial charge is 0.258 e. The van der Waals surface area contributed by atoms with Gasteiger partial charge in [0.2, 0.25) is 12.8 Å². The molecule has 0 spiro atoms. The summed E-state index contributed by atoms with van der Waals surface area (Å²) in [6, 6.07) is 13.0. The summed E-state index contributed by atoms with van der Waals surface area (Å²) < 4.78 is 16.3. The largest absolute Gasteiger partial charge is 0.454 e. The predicted molar refractivity (Wildman–Crippen MR) is 106 cm³/mol. The Labute approximate surface area is 163 Å². The molecule has 4 rings (SSSR count). The lowest BCUT2D eigenvalue weighted by Crippen LogP contribution is -2.36. The zero-order valence-corrected chi connectivity index (χ0v) is 15.7. The van der Waals surface area contributed by atoms with Gasteiger partial charge in [-0.05, 0) is 50.1 Å². The number of hydrogen-bond donors (Lipinski definition) is 2. The third kappa shape index (κ3) is 4.43. The number of fused-ring (bicyclic) bond motifs is 1. The zero-order valence-electron chi connectivity index (χ0n) is 15.7. The van der Waals surface area contributed by atoms with Crippen LogP contribution in [0.2, 0.25) is 0 Å². The van der Waals surface area contributed by atoms with Gasteiger partial charge in [-0.2, -0.15) is 0 Å². The Balaban J connectivity index is 1.49. The van der Waals surface area contributed by atoms with Crippen molar-refractivity contribution in [1.29, 1.82) is 0 Å². The topological polar surface area (TPSA) is 81.2 Å². The predicted octanol–water partition coefficient (Wildman–Crippen LogP) is 3.10. The molecule has 28 heavy (non-hydrogen) atoms. The number of carbonyl (C=O) groups excluding carboxylic acids is 1. The van der Waals surface area contributed by atoms with Crippen molar-refractivity contribution in [3.05, 3.63) is 53.6 Å². The number of aryl methyl sites for hydroxylation is 1. The molecule has 0 aliphatic carbocycles. The number of hydrogen-bond acceptors (Lipinski definition) is 5. The molecule has 2 aliphatic rings. The maximum absolute atomic E-state index is 12.7. The van der Waals surface area contributed by atoms with Crippen LogP contribution in [-0.4, -0.2) is 37.9 Å². The van der Waals surface area contributed by atoms with Crippen LogP contribution in [0.1, 0.15) is 28.8 Å². The Bertz CT molecular complexity index is 874. The van der Waals surface area contributed by atoms with E-state index in [9.17, 15) is 4.79 Å². The van der Waals surface area contributed by atoms with Gasteiger partial charge in [-0.1, -0.05) is 17.7 Å². The van der Waals surface area contributed by atoms with Crippen molar-refractivity contribution in [1.82, 2.24) is 5.32 Å². The third-order valence-electron chi connectivity index (χ3n) is 4.66. The molecule has 2 aliphatic heterocycles. The minimum Gasteiger partial charge on any atom is -0.454 e. The number of guanidine groups is 1. The number of carbonyl (C=O) groups is 1. The molecular weight excluding hydrogens is 358 g/mol. The van der Waals surface area contributed by atoms with Gasteiger partial charge in [0.15, 0.2) is 11.5 Å². The highest BCUT2D eigenvalue weighted by molar-refractivity contribution is 6.10. The number of benzene rings is 2. The van der Waals surface area contributed by atoms with E-state index in [-0.39, 0.29) is 18.8 Å². The second kappa shape index (κ2) is 8.31. The number of ether oxygens (including phenoxy) is 3. The molecule has 1 fully saturated rings. The molecule has 2 N–H and O–H groups in total. The van der Waals surface area contributed by atoms with Crippen molar-refractivity contribution in [2.45, 2.75) is 25.9 Å². The third-order valence-corrected chi connectivity index (χ3v) is 4.66. The Kier molecular flexibility index (Phi) is 5.43. The maximum atomic E-state index is 12.7. The molecule has 0 radical (unpaired) electrons. The fraction of sp³-hybridized carbons (Fsp3) is 0.333. The van der Waals surface area contributed by atoms with Gasteiger partial charge in [0, 0.05) is 17.9 Å². The van der Waals surface area contributed by atoms with Gasteiger partial charge in [0.1, 0.15) is 0 Å². The lowest BCUT2D eigenvalue weighted by molar-refractivity contribution is 0.0975. The van der Waals surface area contributed by atoms with E-state index in [4.69, 9.17) is 14.2 Å². The first-order valence-electron chi connectivity index (χ1n) is 9.38. The Morgan fingerprint density at radius 2 is 1.96 bits per heavy atom. The zero-order chi connectivity index (χ0) is 19.3. The number of nitrogens with one attached hydrogen (secondary N) is 2. The molecule has 1 atom stereocenters. The van der Waals surface area contributed by atoms with Crippen molar-refractivity contribution < 1.29 is 19.0 Å². The Morgan fingerprint density at radius 1 is 1.14 bits per heavy atom. The monoisotopic (exact) mass is 381 g/mol. The van der Waals surface area contributed by atoms with Crippen molar-refractivity contribution in [3.8, 4) is 11.5 Å². The molecule has 7 heteroatoms. The minimum absolute atomic E-state index is 0.0947. The molecule has 1 saturated heterocycles. The summed E-state index contributed by atoms with van der Waals surface area (Å²) in [4.78, 5) is 17.3. The molecule has 7 nitrogen and oxygen atoms in total. The number of anilines is 1. The average Bonchev–Trinajstić information content (AvgIpc) is 3.38. The van der Waals surface area contributed by atoms with Crippen LogP contribution in [0, 0.1) is 6.92 Å². The van der Waals surface area contributed by atoms with Crippen LogP contribution in [0.4, 0.5) is 5.69 Å². The summed E-state index contributed by atoms with van der Waals surface area (Å²) in [5, 5.41) is 6.05. The van der Waals surface area contributed by atoms with Gasteiger partial charge in [-0.15, -0.1) is 0 Å². The fourth-order valence-electron chi connectivity index (χ4n) is 3.08. The molecule has 1 unspecified atom stereocenters. The van der Waals surface area contributed by atoms with E-state index in [0.29, 0.717) is 29.6 Å². The van der Waals surface area contributed by atoms with Crippen molar-refractivity contribution in [3.63, 3.8) is 0 Å². The summed E-state index contributed by atoms with van der Waals surface area (Å²) in [6.07, 6.45) is 2.12. The summed E-state index contributed by atoms with van der Waals surface area (Å²) in [5.74, 6) is 1.32. The van der Waals surface area contributed by atoms with Crippen LogP contribution in [0.5, 0.6) is 11.5 Å². The highest BCUT2D eigenvalue weighted by Gasteiger charge is 2.18. The second-order valence-corrected chi connectivity index (χ2v) is 6.84. The number of nitrogens with zero attached hydrogens (tertiary/aromatic N) is 1. The Hall–Kier alpha value is -3.06. The normalized spacial score (nSPS) is 18.2. The van der Waals surface area contributed by atoms with Crippen LogP contribution >= 0.6 is 0 Å². The van der Waals surface area contributed by atoms with Gasteiger partial charge < -0.3 is 19.5 Å². The van der Waals surface area contributed by atoms with Gasteiger partial charge >= 0.3 is 0 Å². The van der Waals surface area contributed by atoms with Gasteiger partial charge in [-0.25, -0.2) is 4.99 Å².